The normalized spacial score (nSPS) is 11.4. The monoisotopic (exact) mass is 251 g/mol. The van der Waals surface area contributed by atoms with Crippen LogP contribution in [-0.2, 0) is 4.79 Å². The standard InChI is InChI=1S/C16H13NO2/c1-12(11-18)19-16-8-6-15(7-9-16)14-4-2-13(10-17)3-5-14/h2-9,11-12H,1H3. The summed E-state index contributed by atoms with van der Waals surface area (Å²) in [6, 6.07) is 17.0. The lowest BCUT2D eigenvalue weighted by Gasteiger charge is -2.09. The van der Waals surface area contributed by atoms with E-state index < -0.39 is 6.10 Å². The van der Waals surface area contributed by atoms with Crippen molar-refractivity contribution in [3.63, 3.8) is 0 Å². The molecular formula is C16H13NO2. The first-order valence-electron chi connectivity index (χ1n) is 5.95. The molecule has 19 heavy (non-hydrogen) atoms. The topological polar surface area (TPSA) is 50.1 Å². The minimum atomic E-state index is -0.444. The van der Waals surface area contributed by atoms with Crippen LogP contribution in [0.5, 0.6) is 5.75 Å². The molecule has 2 aromatic carbocycles. The van der Waals surface area contributed by atoms with Gasteiger partial charge in [-0.2, -0.15) is 5.26 Å². The maximum absolute atomic E-state index is 10.5. The number of hydrogen-bond acceptors (Lipinski definition) is 3. The van der Waals surface area contributed by atoms with Crippen LogP contribution in [0.25, 0.3) is 11.1 Å². The first-order valence-corrected chi connectivity index (χ1v) is 5.95. The highest BCUT2D eigenvalue weighted by Crippen LogP contribution is 2.23. The summed E-state index contributed by atoms with van der Waals surface area (Å²) < 4.78 is 5.38. The lowest BCUT2D eigenvalue weighted by molar-refractivity contribution is -0.113. The summed E-state index contributed by atoms with van der Waals surface area (Å²) in [5, 5.41) is 8.75. The summed E-state index contributed by atoms with van der Waals surface area (Å²) in [4.78, 5) is 10.5. The van der Waals surface area contributed by atoms with Gasteiger partial charge >= 0.3 is 0 Å². The predicted molar refractivity (Wildman–Crippen MR) is 72.7 cm³/mol. The predicted octanol–water partition coefficient (Wildman–Crippen LogP) is 3.19. The second-order valence-corrected chi connectivity index (χ2v) is 4.17. The Morgan fingerprint density at radius 1 is 1.05 bits per heavy atom. The molecule has 94 valence electrons. The van der Waals surface area contributed by atoms with Crippen LogP contribution in [0.1, 0.15) is 12.5 Å². The Kier molecular flexibility index (Phi) is 3.94. The van der Waals surface area contributed by atoms with E-state index in [2.05, 4.69) is 6.07 Å². The van der Waals surface area contributed by atoms with E-state index in [-0.39, 0.29) is 0 Å². The molecule has 0 heterocycles. The summed E-state index contributed by atoms with van der Waals surface area (Å²) in [6.07, 6.45) is 0.315. The van der Waals surface area contributed by atoms with Crippen molar-refractivity contribution in [1.82, 2.24) is 0 Å². The third kappa shape index (κ3) is 3.20. The quantitative estimate of drug-likeness (QED) is 0.784. The van der Waals surface area contributed by atoms with E-state index in [0.29, 0.717) is 11.3 Å². The van der Waals surface area contributed by atoms with Crippen LogP contribution in [-0.4, -0.2) is 12.4 Å². The van der Waals surface area contributed by atoms with Gasteiger partial charge in [-0.15, -0.1) is 0 Å². The minimum absolute atomic E-state index is 0.444. The van der Waals surface area contributed by atoms with Gasteiger partial charge in [0.15, 0.2) is 12.4 Å². The molecule has 0 aromatic heterocycles. The molecule has 0 fully saturated rings. The van der Waals surface area contributed by atoms with Crippen molar-refractivity contribution in [2.75, 3.05) is 0 Å². The van der Waals surface area contributed by atoms with Crippen LogP contribution in [0.15, 0.2) is 48.5 Å². The first-order chi connectivity index (χ1) is 9.22. The third-order valence-electron chi connectivity index (χ3n) is 2.72. The van der Waals surface area contributed by atoms with E-state index in [1.807, 2.05) is 36.4 Å². The highest BCUT2D eigenvalue weighted by molar-refractivity contribution is 5.65. The molecule has 1 atom stereocenters. The molecule has 0 N–H and O–H groups in total. The maximum atomic E-state index is 10.5. The van der Waals surface area contributed by atoms with Crippen molar-refractivity contribution in [3.8, 4) is 22.9 Å². The van der Waals surface area contributed by atoms with Gasteiger partial charge in [0.25, 0.3) is 0 Å². The molecule has 3 heteroatoms. The summed E-state index contributed by atoms with van der Waals surface area (Å²) >= 11 is 0. The SMILES string of the molecule is CC(C=O)Oc1ccc(-c2ccc(C#N)cc2)cc1. The van der Waals surface area contributed by atoms with Gasteiger partial charge in [-0.1, -0.05) is 24.3 Å². The second-order valence-electron chi connectivity index (χ2n) is 4.17. The Labute approximate surface area is 112 Å². The molecule has 0 saturated heterocycles. The summed E-state index contributed by atoms with van der Waals surface area (Å²) in [5.41, 5.74) is 2.72. The summed E-state index contributed by atoms with van der Waals surface area (Å²) in [6.45, 7) is 1.70. The Hall–Kier alpha value is -2.60. The molecule has 0 amide bonds. The Morgan fingerprint density at radius 3 is 2.05 bits per heavy atom. The zero-order valence-corrected chi connectivity index (χ0v) is 10.5. The molecule has 3 nitrogen and oxygen atoms in total. The van der Waals surface area contributed by atoms with Crippen LogP contribution in [0.3, 0.4) is 0 Å². The van der Waals surface area contributed by atoms with Crippen molar-refractivity contribution in [3.05, 3.63) is 54.1 Å². The van der Waals surface area contributed by atoms with E-state index in [0.717, 1.165) is 17.4 Å². The lowest BCUT2D eigenvalue weighted by atomic mass is 10.0. The smallest absolute Gasteiger partial charge is 0.160 e. The van der Waals surface area contributed by atoms with Gasteiger partial charge in [0.05, 0.1) is 11.6 Å². The molecule has 0 saturated carbocycles. The van der Waals surface area contributed by atoms with Crippen LogP contribution < -0.4 is 4.74 Å². The van der Waals surface area contributed by atoms with Crippen molar-refractivity contribution < 1.29 is 9.53 Å². The fourth-order valence-corrected chi connectivity index (χ4v) is 1.71. The zero-order valence-electron chi connectivity index (χ0n) is 10.5. The van der Waals surface area contributed by atoms with Gasteiger partial charge < -0.3 is 4.74 Å². The molecule has 0 radical (unpaired) electrons. The highest BCUT2D eigenvalue weighted by atomic mass is 16.5. The number of carbonyl (C=O) groups is 1. The van der Waals surface area contributed by atoms with Crippen LogP contribution in [0.4, 0.5) is 0 Å². The first kappa shape index (κ1) is 12.8. The van der Waals surface area contributed by atoms with E-state index in [1.165, 1.54) is 0 Å². The average Bonchev–Trinajstić information content (AvgIpc) is 2.48. The fourth-order valence-electron chi connectivity index (χ4n) is 1.71. The van der Waals surface area contributed by atoms with Crippen molar-refractivity contribution in [2.45, 2.75) is 13.0 Å². The van der Waals surface area contributed by atoms with Gasteiger partial charge in [-0.3, -0.25) is 4.79 Å². The molecular weight excluding hydrogens is 238 g/mol. The number of carbonyl (C=O) groups excluding carboxylic acids is 1. The lowest BCUT2D eigenvalue weighted by Crippen LogP contribution is -2.12. The van der Waals surface area contributed by atoms with E-state index in [4.69, 9.17) is 10.00 Å². The Bertz CT molecular complexity index is 594. The summed E-state index contributed by atoms with van der Waals surface area (Å²) in [5.74, 6) is 0.664. The van der Waals surface area contributed by atoms with Crippen molar-refractivity contribution in [1.29, 1.82) is 5.26 Å². The third-order valence-corrected chi connectivity index (χ3v) is 2.72. The molecule has 0 aliphatic rings. The fraction of sp³-hybridized carbons (Fsp3) is 0.125. The van der Waals surface area contributed by atoms with Crippen molar-refractivity contribution in [2.24, 2.45) is 0 Å². The van der Waals surface area contributed by atoms with Gasteiger partial charge in [0.2, 0.25) is 0 Å². The Morgan fingerprint density at radius 2 is 1.58 bits per heavy atom. The number of rotatable bonds is 4. The number of aldehydes is 1. The van der Waals surface area contributed by atoms with Crippen LogP contribution in [0, 0.1) is 11.3 Å². The number of benzene rings is 2. The van der Waals surface area contributed by atoms with Gasteiger partial charge in [-0.25, -0.2) is 0 Å². The summed E-state index contributed by atoms with van der Waals surface area (Å²) in [7, 11) is 0. The molecule has 2 rings (SSSR count). The van der Waals surface area contributed by atoms with Crippen LogP contribution >= 0.6 is 0 Å². The molecule has 2 aromatic rings. The molecule has 0 aliphatic carbocycles. The average molecular weight is 251 g/mol. The number of ether oxygens (including phenoxy) is 1. The van der Waals surface area contributed by atoms with E-state index in [9.17, 15) is 4.79 Å². The van der Waals surface area contributed by atoms with Gasteiger partial charge in [0.1, 0.15) is 5.75 Å². The number of nitrogens with zero attached hydrogens (tertiary/aromatic N) is 1. The molecule has 0 spiro atoms. The molecule has 1 unspecified atom stereocenters. The number of hydrogen-bond donors (Lipinski definition) is 0. The van der Waals surface area contributed by atoms with E-state index in [1.54, 1.807) is 19.1 Å². The number of nitriles is 1. The van der Waals surface area contributed by atoms with Crippen molar-refractivity contribution >= 4 is 6.29 Å². The highest BCUT2D eigenvalue weighted by Gasteiger charge is 2.02. The largest absolute Gasteiger partial charge is 0.483 e. The molecule has 0 aliphatic heterocycles. The second kappa shape index (κ2) is 5.83. The Balaban J connectivity index is 2.17. The minimum Gasteiger partial charge on any atom is -0.483 e. The molecule has 0 bridgehead atoms. The van der Waals surface area contributed by atoms with Crippen LogP contribution in [0.2, 0.25) is 0 Å². The van der Waals surface area contributed by atoms with Gasteiger partial charge in [0, 0.05) is 0 Å². The van der Waals surface area contributed by atoms with Gasteiger partial charge in [-0.05, 0) is 42.3 Å². The maximum Gasteiger partial charge on any atom is 0.160 e. The zero-order chi connectivity index (χ0) is 13.7. The van der Waals surface area contributed by atoms with E-state index >= 15 is 0 Å².